The number of nitrogens with two attached hydrogens (primary N) is 2. The second kappa shape index (κ2) is 5.28. The number of anilines is 1. The van der Waals surface area contributed by atoms with Gasteiger partial charge < -0.3 is 21.0 Å². The number of fused-ring (bicyclic) bond motifs is 1. The van der Waals surface area contributed by atoms with Gasteiger partial charge >= 0.3 is 0 Å². The molecule has 3 aromatic rings. The number of benzene rings is 1. The number of primary amides is 1. The molecule has 0 saturated carbocycles. The van der Waals surface area contributed by atoms with Crippen molar-refractivity contribution >= 4 is 17.2 Å². The molecule has 2 aromatic heterocycles. The number of phenols is 1. The van der Waals surface area contributed by atoms with Gasteiger partial charge in [-0.1, -0.05) is 6.07 Å². The highest BCUT2D eigenvalue weighted by Gasteiger charge is 2.21. The SMILES string of the molecule is Cc1ccc(O)c(C)c1-c1cn2cc(C#N)nc2c(C(N)=O)c1N. The second-order valence-electron chi connectivity index (χ2n) is 5.57. The number of aromatic nitrogens is 2. The number of carbonyl (C=O) groups is 1. The molecular weight excluding hydrogens is 306 g/mol. The number of aryl methyl sites for hydroxylation is 1. The lowest BCUT2D eigenvalue weighted by Crippen LogP contribution is -2.16. The van der Waals surface area contributed by atoms with Crippen LogP contribution in [0.5, 0.6) is 5.75 Å². The third-order valence-corrected chi connectivity index (χ3v) is 4.06. The zero-order chi connectivity index (χ0) is 17.6. The standard InChI is InChI=1S/C17H15N5O2/c1-8-3-4-12(23)9(2)13(8)11-7-22-6-10(5-18)21-17(22)14(15(11)19)16(20)24/h3-4,6-7,23H,19H2,1-2H3,(H2,20,24). The molecule has 0 spiro atoms. The summed E-state index contributed by atoms with van der Waals surface area (Å²) in [6.45, 7) is 3.64. The Balaban J connectivity index is 2.47. The zero-order valence-electron chi connectivity index (χ0n) is 13.2. The normalized spacial score (nSPS) is 10.7. The minimum absolute atomic E-state index is 0.0520. The Hall–Kier alpha value is -3.53. The number of nitriles is 1. The van der Waals surface area contributed by atoms with Crippen LogP contribution in [-0.2, 0) is 0 Å². The van der Waals surface area contributed by atoms with Crippen LogP contribution in [0, 0.1) is 25.2 Å². The van der Waals surface area contributed by atoms with Crippen LogP contribution in [0.1, 0.15) is 27.2 Å². The van der Waals surface area contributed by atoms with E-state index in [1.807, 2.05) is 13.0 Å². The maximum atomic E-state index is 11.9. The topological polar surface area (TPSA) is 130 Å². The van der Waals surface area contributed by atoms with Crippen molar-refractivity contribution in [3.05, 3.63) is 46.9 Å². The van der Waals surface area contributed by atoms with Crippen LogP contribution in [-0.4, -0.2) is 20.4 Å². The molecule has 24 heavy (non-hydrogen) atoms. The predicted octanol–water partition coefficient (Wildman–Crippen LogP) is 1.88. The molecule has 3 rings (SSSR count). The summed E-state index contributed by atoms with van der Waals surface area (Å²) in [7, 11) is 0. The van der Waals surface area contributed by atoms with Crippen LogP contribution in [0.3, 0.4) is 0 Å². The van der Waals surface area contributed by atoms with Gasteiger partial charge in [-0.3, -0.25) is 4.79 Å². The summed E-state index contributed by atoms with van der Waals surface area (Å²) in [5, 5.41) is 19.1. The van der Waals surface area contributed by atoms with E-state index >= 15 is 0 Å². The first-order valence-corrected chi connectivity index (χ1v) is 7.15. The number of imidazole rings is 1. The number of aromatic hydroxyl groups is 1. The van der Waals surface area contributed by atoms with Crippen LogP contribution in [0.15, 0.2) is 24.5 Å². The van der Waals surface area contributed by atoms with E-state index < -0.39 is 5.91 Å². The third kappa shape index (κ3) is 2.13. The molecular formula is C17H15N5O2. The van der Waals surface area contributed by atoms with Crippen molar-refractivity contribution in [2.45, 2.75) is 13.8 Å². The predicted molar refractivity (Wildman–Crippen MR) is 89.4 cm³/mol. The van der Waals surface area contributed by atoms with Gasteiger partial charge in [-0.25, -0.2) is 4.98 Å². The van der Waals surface area contributed by atoms with Gasteiger partial charge in [0.15, 0.2) is 11.3 Å². The summed E-state index contributed by atoms with van der Waals surface area (Å²) in [5.74, 6) is -0.607. The van der Waals surface area contributed by atoms with E-state index in [0.29, 0.717) is 16.7 Å². The van der Waals surface area contributed by atoms with Crippen LogP contribution in [0.4, 0.5) is 5.69 Å². The molecule has 1 aromatic carbocycles. The molecule has 5 N–H and O–H groups in total. The summed E-state index contributed by atoms with van der Waals surface area (Å²) < 4.78 is 1.55. The molecule has 0 bridgehead atoms. The molecule has 0 unspecified atom stereocenters. The minimum Gasteiger partial charge on any atom is -0.508 e. The largest absolute Gasteiger partial charge is 0.508 e. The Morgan fingerprint density at radius 1 is 1.33 bits per heavy atom. The molecule has 0 aliphatic carbocycles. The minimum atomic E-state index is -0.732. The maximum absolute atomic E-state index is 11.9. The van der Waals surface area contributed by atoms with Gasteiger partial charge in [-0.2, -0.15) is 5.26 Å². The lowest BCUT2D eigenvalue weighted by molar-refractivity contribution is 0.100. The van der Waals surface area contributed by atoms with E-state index in [0.717, 1.165) is 5.56 Å². The molecule has 0 saturated heterocycles. The van der Waals surface area contributed by atoms with Gasteiger partial charge in [-0.15, -0.1) is 0 Å². The second-order valence-corrected chi connectivity index (χ2v) is 5.57. The first-order valence-electron chi connectivity index (χ1n) is 7.15. The van der Waals surface area contributed by atoms with Gasteiger partial charge in [-0.05, 0) is 36.6 Å². The van der Waals surface area contributed by atoms with Crippen LogP contribution in [0.2, 0.25) is 0 Å². The van der Waals surface area contributed by atoms with E-state index in [4.69, 9.17) is 16.7 Å². The third-order valence-electron chi connectivity index (χ3n) is 4.06. The number of pyridine rings is 1. The van der Waals surface area contributed by atoms with Crippen molar-refractivity contribution in [3.8, 4) is 22.9 Å². The fourth-order valence-corrected chi connectivity index (χ4v) is 2.89. The molecule has 1 amide bonds. The average molecular weight is 321 g/mol. The summed E-state index contributed by atoms with van der Waals surface area (Å²) in [5.41, 5.74) is 15.1. The lowest BCUT2D eigenvalue weighted by atomic mass is 9.93. The number of carbonyl (C=O) groups excluding carboxylic acids is 1. The van der Waals surface area contributed by atoms with Gasteiger partial charge in [0.05, 0.1) is 5.69 Å². The molecule has 2 heterocycles. The monoisotopic (exact) mass is 321 g/mol. The fraction of sp³-hybridized carbons (Fsp3) is 0.118. The fourth-order valence-electron chi connectivity index (χ4n) is 2.89. The summed E-state index contributed by atoms with van der Waals surface area (Å²) in [6.07, 6.45) is 3.18. The van der Waals surface area contributed by atoms with E-state index in [1.165, 1.54) is 6.20 Å². The highest BCUT2D eigenvalue weighted by atomic mass is 16.3. The average Bonchev–Trinajstić information content (AvgIpc) is 2.93. The Morgan fingerprint density at radius 3 is 2.67 bits per heavy atom. The number of phenolic OH excluding ortho intramolecular Hbond substituents is 1. The van der Waals surface area contributed by atoms with Gasteiger partial charge in [0.2, 0.25) is 0 Å². The van der Waals surface area contributed by atoms with Gasteiger partial charge in [0.1, 0.15) is 17.4 Å². The summed E-state index contributed by atoms with van der Waals surface area (Å²) in [4.78, 5) is 16.0. The number of amides is 1. The summed E-state index contributed by atoms with van der Waals surface area (Å²) in [6, 6.07) is 5.29. The molecule has 0 atom stereocenters. The van der Waals surface area contributed by atoms with E-state index in [-0.39, 0.29) is 28.3 Å². The number of hydrogen-bond acceptors (Lipinski definition) is 5. The highest BCUT2D eigenvalue weighted by Crippen LogP contribution is 2.37. The van der Waals surface area contributed by atoms with Crippen molar-refractivity contribution < 1.29 is 9.90 Å². The van der Waals surface area contributed by atoms with E-state index in [2.05, 4.69) is 4.98 Å². The van der Waals surface area contributed by atoms with E-state index in [1.54, 1.807) is 29.7 Å². The zero-order valence-corrected chi connectivity index (χ0v) is 13.2. The first kappa shape index (κ1) is 15.4. The van der Waals surface area contributed by atoms with Crippen LogP contribution < -0.4 is 11.5 Å². The maximum Gasteiger partial charge on any atom is 0.254 e. The Kier molecular flexibility index (Phi) is 3.38. The Bertz CT molecular complexity index is 1040. The smallest absolute Gasteiger partial charge is 0.254 e. The number of nitrogen functional groups attached to an aromatic ring is 1. The quantitative estimate of drug-likeness (QED) is 0.663. The van der Waals surface area contributed by atoms with Crippen molar-refractivity contribution in [1.29, 1.82) is 5.26 Å². The van der Waals surface area contributed by atoms with Crippen molar-refractivity contribution in [1.82, 2.24) is 9.38 Å². The molecule has 0 fully saturated rings. The molecule has 0 aliphatic rings. The lowest BCUT2D eigenvalue weighted by Gasteiger charge is -2.16. The molecule has 7 heteroatoms. The molecule has 120 valence electrons. The van der Waals surface area contributed by atoms with Crippen molar-refractivity contribution in [3.63, 3.8) is 0 Å². The van der Waals surface area contributed by atoms with Crippen LogP contribution >= 0.6 is 0 Å². The molecule has 0 radical (unpaired) electrons. The Morgan fingerprint density at radius 2 is 2.04 bits per heavy atom. The molecule has 0 aliphatic heterocycles. The number of nitrogens with zero attached hydrogens (tertiary/aromatic N) is 3. The highest BCUT2D eigenvalue weighted by molar-refractivity contribution is 6.07. The molecule has 7 nitrogen and oxygen atoms in total. The number of hydrogen-bond donors (Lipinski definition) is 3. The van der Waals surface area contributed by atoms with Crippen molar-refractivity contribution in [2.24, 2.45) is 5.73 Å². The van der Waals surface area contributed by atoms with Gasteiger partial charge in [0, 0.05) is 18.0 Å². The van der Waals surface area contributed by atoms with E-state index in [9.17, 15) is 9.90 Å². The summed E-state index contributed by atoms with van der Waals surface area (Å²) >= 11 is 0. The van der Waals surface area contributed by atoms with Crippen LogP contribution in [0.25, 0.3) is 16.8 Å². The Labute approximate surface area is 137 Å². The van der Waals surface area contributed by atoms with Crippen molar-refractivity contribution in [2.75, 3.05) is 5.73 Å². The first-order chi connectivity index (χ1) is 11.3. The number of rotatable bonds is 2. The van der Waals surface area contributed by atoms with Gasteiger partial charge in [0.25, 0.3) is 5.91 Å².